The van der Waals surface area contributed by atoms with Crippen molar-refractivity contribution < 1.29 is 4.79 Å². The number of halogens is 1. The molecule has 0 aliphatic carbocycles. The molecule has 0 atom stereocenters. The normalized spacial score (nSPS) is 14.9. The van der Waals surface area contributed by atoms with Gasteiger partial charge in [-0.25, -0.2) is 9.97 Å². The van der Waals surface area contributed by atoms with E-state index < -0.39 is 0 Å². The number of carbonyl (C=O) groups is 1. The summed E-state index contributed by atoms with van der Waals surface area (Å²) in [5.74, 6) is 1.03. The van der Waals surface area contributed by atoms with Crippen molar-refractivity contribution in [3.63, 3.8) is 0 Å². The molecule has 0 aromatic carbocycles. The number of hydrogen-bond acceptors (Lipinski definition) is 7. The fourth-order valence-electron chi connectivity index (χ4n) is 2.96. The second-order valence-electron chi connectivity index (χ2n) is 6.46. The molecule has 0 unspecified atom stereocenters. The number of anilines is 1. The van der Waals surface area contributed by atoms with Crippen molar-refractivity contribution in [1.29, 1.82) is 0 Å². The van der Waals surface area contributed by atoms with Crippen molar-refractivity contribution in [3.8, 4) is 0 Å². The van der Waals surface area contributed by atoms with E-state index in [-0.39, 0.29) is 11.7 Å². The Labute approximate surface area is 174 Å². The number of likely N-dealkylation sites (N-methyl/N-ethyl adjacent to an activating group) is 1. The second kappa shape index (κ2) is 10.6. The summed E-state index contributed by atoms with van der Waals surface area (Å²) in [5, 5.41) is 3.83. The van der Waals surface area contributed by atoms with Crippen LogP contribution >= 0.6 is 23.4 Å². The zero-order valence-electron chi connectivity index (χ0n) is 16.0. The number of rotatable bonds is 8. The number of piperazine rings is 1. The molecule has 1 fully saturated rings. The van der Waals surface area contributed by atoms with Crippen molar-refractivity contribution in [3.05, 3.63) is 41.3 Å². The largest absolute Gasteiger partial charge is 0.355 e. The first-order chi connectivity index (χ1) is 13.6. The molecule has 0 spiro atoms. The van der Waals surface area contributed by atoms with E-state index >= 15 is 0 Å². The summed E-state index contributed by atoms with van der Waals surface area (Å²) in [6.07, 6.45) is 2.46. The molecular weight excluding hydrogens is 396 g/mol. The Kier molecular flexibility index (Phi) is 7.88. The Morgan fingerprint density at radius 1 is 1.25 bits per heavy atom. The van der Waals surface area contributed by atoms with Crippen molar-refractivity contribution >= 4 is 35.1 Å². The number of amides is 1. The molecule has 28 heavy (non-hydrogen) atoms. The standard InChI is InChI=1S/C19H25ClN6OS/c1-2-25-9-11-26(12-10-25)17-13-16(20)23-19(24-17)28-14-18(27)22-8-6-15-5-3-4-7-21-15/h3-5,7,13H,2,6,8-12,14H2,1H3,(H,22,27). The van der Waals surface area contributed by atoms with Crippen molar-refractivity contribution in [2.45, 2.75) is 18.5 Å². The monoisotopic (exact) mass is 420 g/mol. The van der Waals surface area contributed by atoms with Gasteiger partial charge in [0.25, 0.3) is 0 Å². The Morgan fingerprint density at radius 2 is 2.07 bits per heavy atom. The Bertz CT molecular complexity index is 770. The van der Waals surface area contributed by atoms with Crippen LogP contribution in [0.2, 0.25) is 5.15 Å². The average Bonchev–Trinajstić information content (AvgIpc) is 2.73. The minimum absolute atomic E-state index is 0.0531. The molecular formula is C19H25ClN6OS. The van der Waals surface area contributed by atoms with E-state index in [4.69, 9.17) is 11.6 Å². The highest BCUT2D eigenvalue weighted by atomic mass is 35.5. The van der Waals surface area contributed by atoms with Gasteiger partial charge in [-0.1, -0.05) is 36.4 Å². The van der Waals surface area contributed by atoms with E-state index in [9.17, 15) is 4.79 Å². The van der Waals surface area contributed by atoms with Gasteiger partial charge in [0, 0.05) is 57.1 Å². The molecule has 0 radical (unpaired) electrons. The molecule has 0 saturated carbocycles. The lowest BCUT2D eigenvalue weighted by molar-refractivity contribution is -0.118. The molecule has 1 N–H and O–H groups in total. The first kappa shape index (κ1) is 20.8. The van der Waals surface area contributed by atoms with Crippen molar-refractivity contribution in [2.75, 3.05) is 49.9 Å². The van der Waals surface area contributed by atoms with Gasteiger partial charge in [0.2, 0.25) is 5.91 Å². The minimum atomic E-state index is -0.0531. The van der Waals surface area contributed by atoms with Crippen LogP contribution in [0.5, 0.6) is 0 Å². The van der Waals surface area contributed by atoms with Crippen LogP contribution in [-0.4, -0.2) is 70.8 Å². The highest BCUT2D eigenvalue weighted by Gasteiger charge is 2.18. The molecule has 0 bridgehead atoms. The van der Waals surface area contributed by atoms with Crippen LogP contribution < -0.4 is 10.2 Å². The number of thioether (sulfide) groups is 1. The van der Waals surface area contributed by atoms with Crippen LogP contribution in [0.15, 0.2) is 35.6 Å². The van der Waals surface area contributed by atoms with Gasteiger partial charge in [-0.3, -0.25) is 9.78 Å². The molecule has 3 rings (SSSR count). The molecule has 1 aliphatic heterocycles. The van der Waals surface area contributed by atoms with Gasteiger partial charge >= 0.3 is 0 Å². The Morgan fingerprint density at radius 3 is 2.79 bits per heavy atom. The van der Waals surface area contributed by atoms with Crippen LogP contribution in [0.1, 0.15) is 12.6 Å². The lowest BCUT2D eigenvalue weighted by Gasteiger charge is -2.34. The van der Waals surface area contributed by atoms with Gasteiger partial charge in [-0.05, 0) is 18.7 Å². The lowest BCUT2D eigenvalue weighted by atomic mass is 10.3. The second-order valence-corrected chi connectivity index (χ2v) is 7.79. The SMILES string of the molecule is CCN1CCN(c2cc(Cl)nc(SCC(=O)NCCc3ccccn3)n2)CC1. The van der Waals surface area contributed by atoms with Crippen LogP contribution in [-0.2, 0) is 11.2 Å². The number of aromatic nitrogens is 3. The topological polar surface area (TPSA) is 74.2 Å². The highest BCUT2D eigenvalue weighted by molar-refractivity contribution is 7.99. The molecule has 1 amide bonds. The van der Waals surface area contributed by atoms with Crippen LogP contribution in [0.25, 0.3) is 0 Å². The average molecular weight is 421 g/mol. The summed E-state index contributed by atoms with van der Waals surface area (Å²) >= 11 is 7.48. The third-order valence-corrected chi connectivity index (χ3v) is 5.61. The molecule has 3 heterocycles. The quantitative estimate of drug-likeness (QED) is 0.398. The maximum absolute atomic E-state index is 12.1. The first-order valence-corrected chi connectivity index (χ1v) is 10.8. The van der Waals surface area contributed by atoms with E-state index in [0.717, 1.165) is 44.2 Å². The fraction of sp³-hybridized carbons (Fsp3) is 0.474. The third-order valence-electron chi connectivity index (χ3n) is 4.57. The zero-order chi connectivity index (χ0) is 19.8. The Balaban J connectivity index is 1.47. The van der Waals surface area contributed by atoms with Gasteiger partial charge in [0.1, 0.15) is 11.0 Å². The summed E-state index contributed by atoms with van der Waals surface area (Å²) in [6.45, 7) is 7.65. The summed E-state index contributed by atoms with van der Waals surface area (Å²) in [5.41, 5.74) is 0.960. The van der Waals surface area contributed by atoms with E-state index in [1.807, 2.05) is 18.2 Å². The number of carbonyl (C=O) groups excluding carboxylic acids is 1. The van der Waals surface area contributed by atoms with Crippen LogP contribution in [0.4, 0.5) is 5.82 Å². The maximum Gasteiger partial charge on any atom is 0.230 e. The zero-order valence-corrected chi connectivity index (χ0v) is 17.5. The summed E-state index contributed by atoms with van der Waals surface area (Å²) in [7, 11) is 0. The predicted octanol–water partition coefficient (Wildman–Crippen LogP) is 2.12. The van der Waals surface area contributed by atoms with Gasteiger partial charge in [0.05, 0.1) is 5.75 Å². The molecule has 9 heteroatoms. The highest BCUT2D eigenvalue weighted by Crippen LogP contribution is 2.22. The van der Waals surface area contributed by atoms with Gasteiger partial charge < -0.3 is 15.1 Å². The van der Waals surface area contributed by atoms with E-state index in [2.05, 4.69) is 37.0 Å². The molecule has 2 aromatic heterocycles. The summed E-state index contributed by atoms with van der Waals surface area (Å²) in [6, 6.07) is 7.56. The maximum atomic E-state index is 12.1. The fourth-order valence-corrected chi connectivity index (χ4v) is 3.87. The smallest absolute Gasteiger partial charge is 0.230 e. The molecule has 1 saturated heterocycles. The third kappa shape index (κ3) is 6.32. The number of pyridine rings is 1. The first-order valence-electron chi connectivity index (χ1n) is 9.45. The summed E-state index contributed by atoms with van der Waals surface area (Å²) in [4.78, 5) is 29.8. The molecule has 7 nitrogen and oxygen atoms in total. The van der Waals surface area contributed by atoms with Crippen molar-refractivity contribution in [2.24, 2.45) is 0 Å². The number of nitrogens with zero attached hydrogens (tertiary/aromatic N) is 5. The van der Waals surface area contributed by atoms with Crippen LogP contribution in [0, 0.1) is 0 Å². The Hall–Kier alpha value is -1.90. The van der Waals surface area contributed by atoms with Gasteiger partial charge in [-0.2, -0.15) is 0 Å². The summed E-state index contributed by atoms with van der Waals surface area (Å²) < 4.78 is 0. The minimum Gasteiger partial charge on any atom is -0.355 e. The molecule has 2 aromatic rings. The van der Waals surface area contributed by atoms with Gasteiger partial charge in [0.15, 0.2) is 5.16 Å². The van der Waals surface area contributed by atoms with E-state index in [1.54, 1.807) is 12.3 Å². The van der Waals surface area contributed by atoms with Crippen LogP contribution in [0.3, 0.4) is 0 Å². The van der Waals surface area contributed by atoms with E-state index in [0.29, 0.717) is 23.3 Å². The molecule has 1 aliphatic rings. The molecule has 150 valence electrons. The van der Waals surface area contributed by atoms with Gasteiger partial charge in [-0.15, -0.1) is 0 Å². The predicted molar refractivity (Wildman–Crippen MR) is 113 cm³/mol. The van der Waals surface area contributed by atoms with E-state index in [1.165, 1.54) is 11.8 Å². The number of hydrogen-bond donors (Lipinski definition) is 1. The van der Waals surface area contributed by atoms with Crippen molar-refractivity contribution in [1.82, 2.24) is 25.2 Å². The lowest BCUT2D eigenvalue weighted by Crippen LogP contribution is -2.46. The number of nitrogens with one attached hydrogen (secondary N) is 1.